The monoisotopic (exact) mass is 200 g/mol. The fourth-order valence-electron chi connectivity index (χ4n) is 1.52. The number of hydrogen-bond donors (Lipinski definition) is 0. The summed E-state index contributed by atoms with van der Waals surface area (Å²) in [6, 6.07) is 4.42. The van der Waals surface area contributed by atoms with Crippen molar-refractivity contribution in [3.63, 3.8) is 0 Å². The van der Waals surface area contributed by atoms with Gasteiger partial charge >= 0.3 is 0 Å². The maximum absolute atomic E-state index is 3.27. The summed E-state index contributed by atoms with van der Waals surface area (Å²) in [6.45, 7) is 8.63. The zero-order chi connectivity index (χ0) is 11.3. The molecular weight excluding hydrogens is 180 g/mol. The highest BCUT2D eigenvalue weighted by Crippen LogP contribution is 2.14. The van der Waals surface area contributed by atoms with Gasteiger partial charge in [-0.2, -0.15) is 0 Å². The zero-order valence-corrected chi connectivity index (χ0v) is 10.3. The summed E-state index contributed by atoms with van der Waals surface area (Å²) in [6.07, 6.45) is 3.44. The van der Waals surface area contributed by atoms with E-state index in [0.29, 0.717) is 0 Å². The lowest BCUT2D eigenvalue weighted by Gasteiger charge is -2.04. The number of unbranched alkanes of at least 4 members (excludes halogenated alkanes) is 2. The van der Waals surface area contributed by atoms with Gasteiger partial charge in [0.2, 0.25) is 0 Å². The second kappa shape index (κ2) is 5.61. The van der Waals surface area contributed by atoms with Crippen LogP contribution in [0.25, 0.3) is 0 Å². The molecule has 0 amide bonds. The Morgan fingerprint density at radius 2 is 1.67 bits per heavy atom. The summed E-state index contributed by atoms with van der Waals surface area (Å²) in [7, 11) is 0. The molecule has 80 valence electrons. The van der Waals surface area contributed by atoms with Crippen LogP contribution in [0.1, 0.15) is 48.4 Å². The molecule has 1 aromatic rings. The van der Waals surface area contributed by atoms with Crippen LogP contribution in [0.2, 0.25) is 0 Å². The lowest BCUT2D eigenvalue weighted by Crippen LogP contribution is -1.88. The van der Waals surface area contributed by atoms with E-state index in [0.717, 1.165) is 6.42 Å². The number of aryl methyl sites for hydroxylation is 3. The fourth-order valence-corrected chi connectivity index (χ4v) is 1.52. The Morgan fingerprint density at radius 1 is 1.00 bits per heavy atom. The molecule has 0 aliphatic rings. The number of benzene rings is 1. The Morgan fingerprint density at radius 3 is 2.33 bits per heavy atom. The first-order chi connectivity index (χ1) is 7.15. The summed E-state index contributed by atoms with van der Waals surface area (Å²) in [5.41, 5.74) is 5.17. The van der Waals surface area contributed by atoms with Crippen LogP contribution in [-0.4, -0.2) is 0 Å². The highest BCUT2D eigenvalue weighted by atomic mass is 14.0. The molecular formula is C15H20. The van der Waals surface area contributed by atoms with Crippen LogP contribution < -0.4 is 0 Å². The molecule has 15 heavy (non-hydrogen) atoms. The third-order valence-corrected chi connectivity index (χ3v) is 2.72. The Hall–Kier alpha value is -1.22. The molecule has 0 radical (unpaired) electrons. The quantitative estimate of drug-likeness (QED) is 0.497. The predicted octanol–water partition coefficient (Wildman–Crippen LogP) is 4.15. The third-order valence-electron chi connectivity index (χ3n) is 2.72. The minimum Gasteiger partial charge on any atom is -0.0979 e. The normalized spacial score (nSPS) is 9.60. The molecule has 0 spiro atoms. The van der Waals surface area contributed by atoms with E-state index in [4.69, 9.17) is 0 Å². The Bertz CT molecular complexity index is 388. The molecule has 0 aromatic heterocycles. The molecule has 0 aliphatic heterocycles. The molecule has 1 rings (SSSR count). The van der Waals surface area contributed by atoms with Crippen LogP contribution in [0.3, 0.4) is 0 Å². The van der Waals surface area contributed by atoms with Gasteiger partial charge < -0.3 is 0 Å². The first-order valence-electron chi connectivity index (χ1n) is 5.72. The minimum absolute atomic E-state index is 1.02. The standard InChI is InChI=1S/C15H20/c1-5-6-7-8-9-15-11-13(3)12(2)10-14(15)4/h10-11H,5-7H2,1-4H3. The second-order valence-corrected chi connectivity index (χ2v) is 4.16. The lowest BCUT2D eigenvalue weighted by molar-refractivity contribution is 0.828. The van der Waals surface area contributed by atoms with Crippen LogP contribution in [-0.2, 0) is 0 Å². The summed E-state index contributed by atoms with van der Waals surface area (Å²) in [5.74, 6) is 6.51. The van der Waals surface area contributed by atoms with Crippen LogP contribution in [0.4, 0.5) is 0 Å². The third kappa shape index (κ3) is 3.44. The summed E-state index contributed by atoms with van der Waals surface area (Å²) in [5, 5.41) is 0. The number of rotatable bonds is 2. The fraction of sp³-hybridized carbons (Fsp3) is 0.467. The topological polar surface area (TPSA) is 0 Å². The number of hydrogen-bond acceptors (Lipinski definition) is 0. The second-order valence-electron chi connectivity index (χ2n) is 4.16. The van der Waals surface area contributed by atoms with Gasteiger partial charge in [0.15, 0.2) is 0 Å². The summed E-state index contributed by atoms with van der Waals surface area (Å²) >= 11 is 0. The van der Waals surface area contributed by atoms with Gasteiger partial charge in [0.25, 0.3) is 0 Å². The van der Waals surface area contributed by atoms with Gasteiger partial charge in [0.05, 0.1) is 0 Å². The first-order valence-corrected chi connectivity index (χ1v) is 5.72. The highest BCUT2D eigenvalue weighted by molar-refractivity contribution is 5.45. The van der Waals surface area contributed by atoms with Crippen LogP contribution in [0, 0.1) is 32.6 Å². The van der Waals surface area contributed by atoms with Gasteiger partial charge in [-0.15, -0.1) is 0 Å². The molecule has 0 atom stereocenters. The molecule has 0 nitrogen and oxygen atoms in total. The van der Waals surface area contributed by atoms with E-state index >= 15 is 0 Å². The van der Waals surface area contributed by atoms with Crippen LogP contribution in [0.5, 0.6) is 0 Å². The van der Waals surface area contributed by atoms with E-state index in [9.17, 15) is 0 Å². The maximum atomic E-state index is 3.27. The van der Waals surface area contributed by atoms with E-state index in [2.05, 4.69) is 51.7 Å². The van der Waals surface area contributed by atoms with Crippen molar-refractivity contribution in [2.45, 2.75) is 47.0 Å². The molecule has 0 heteroatoms. The van der Waals surface area contributed by atoms with E-state index in [1.54, 1.807) is 0 Å². The van der Waals surface area contributed by atoms with E-state index in [-0.39, 0.29) is 0 Å². The minimum atomic E-state index is 1.02. The van der Waals surface area contributed by atoms with Crippen molar-refractivity contribution in [1.82, 2.24) is 0 Å². The molecule has 0 heterocycles. The Balaban J connectivity index is 2.84. The molecule has 0 bridgehead atoms. The molecule has 0 saturated heterocycles. The van der Waals surface area contributed by atoms with Crippen molar-refractivity contribution in [2.75, 3.05) is 0 Å². The molecule has 0 saturated carbocycles. The average molecular weight is 200 g/mol. The first kappa shape index (κ1) is 11.9. The Labute approximate surface area is 93.7 Å². The van der Waals surface area contributed by atoms with Crippen molar-refractivity contribution < 1.29 is 0 Å². The van der Waals surface area contributed by atoms with Crippen molar-refractivity contribution in [1.29, 1.82) is 0 Å². The maximum Gasteiger partial charge on any atom is 0.0277 e. The molecule has 0 unspecified atom stereocenters. The van der Waals surface area contributed by atoms with Gasteiger partial charge in [-0.05, 0) is 49.9 Å². The average Bonchev–Trinajstić information content (AvgIpc) is 2.20. The van der Waals surface area contributed by atoms with Gasteiger partial charge in [0, 0.05) is 12.0 Å². The van der Waals surface area contributed by atoms with Crippen molar-refractivity contribution in [3.05, 3.63) is 34.4 Å². The van der Waals surface area contributed by atoms with E-state index in [1.165, 1.54) is 35.1 Å². The molecule has 1 aromatic carbocycles. The van der Waals surface area contributed by atoms with Gasteiger partial charge in [0.1, 0.15) is 0 Å². The SMILES string of the molecule is CCCCC#Cc1cc(C)c(C)cc1C. The van der Waals surface area contributed by atoms with Crippen molar-refractivity contribution >= 4 is 0 Å². The van der Waals surface area contributed by atoms with Crippen LogP contribution >= 0.6 is 0 Å². The van der Waals surface area contributed by atoms with Gasteiger partial charge in [-0.1, -0.05) is 31.3 Å². The van der Waals surface area contributed by atoms with E-state index < -0.39 is 0 Å². The van der Waals surface area contributed by atoms with E-state index in [1.807, 2.05) is 0 Å². The zero-order valence-electron chi connectivity index (χ0n) is 10.3. The lowest BCUT2D eigenvalue weighted by atomic mass is 10.0. The van der Waals surface area contributed by atoms with Crippen molar-refractivity contribution in [2.24, 2.45) is 0 Å². The van der Waals surface area contributed by atoms with Crippen LogP contribution in [0.15, 0.2) is 12.1 Å². The highest BCUT2D eigenvalue weighted by Gasteiger charge is 1.98. The predicted molar refractivity (Wildman–Crippen MR) is 67.1 cm³/mol. The van der Waals surface area contributed by atoms with Crippen molar-refractivity contribution in [3.8, 4) is 11.8 Å². The summed E-state index contributed by atoms with van der Waals surface area (Å²) < 4.78 is 0. The van der Waals surface area contributed by atoms with Gasteiger partial charge in [-0.3, -0.25) is 0 Å². The largest absolute Gasteiger partial charge is 0.0979 e. The Kier molecular flexibility index (Phi) is 4.43. The molecule has 0 fully saturated rings. The molecule has 0 N–H and O–H groups in total. The smallest absolute Gasteiger partial charge is 0.0277 e. The summed E-state index contributed by atoms with van der Waals surface area (Å²) in [4.78, 5) is 0. The molecule has 0 aliphatic carbocycles. The van der Waals surface area contributed by atoms with Gasteiger partial charge in [-0.25, -0.2) is 0 Å².